The third-order valence-electron chi connectivity index (χ3n) is 3.25. The highest BCUT2D eigenvalue weighted by Gasteiger charge is 2.23. The fourth-order valence-corrected chi connectivity index (χ4v) is 2.92. The minimum Gasteiger partial charge on any atom is -0.465 e. The summed E-state index contributed by atoms with van der Waals surface area (Å²) in [5, 5.41) is 8.25. The fraction of sp³-hybridized carbons (Fsp3) is 0.538. The van der Waals surface area contributed by atoms with Gasteiger partial charge in [-0.25, -0.2) is 0 Å². The van der Waals surface area contributed by atoms with E-state index >= 15 is 0 Å². The summed E-state index contributed by atoms with van der Waals surface area (Å²) < 4.78 is 6.81. The van der Waals surface area contributed by atoms with Crippen LogP contribution in [0.3, 0.4) is 0 Å². The molecule has 0 bridgehead atoms. The van der Waals surface area contributed by atoms with E-state index in [0.29, 0.717) is 29.5 Å². The van der Waals surface area contributed by atoms with Crippen LogP contribution in [0.4, 0.5) is 0 Å². The second-order valence-electron chi connectivity index (χ2n) is 4.57. The number of hydrogen-bond donors (Lipinski definition) is 1. The van der Waals surface area contributed by atoms with E-state index in [1.165, 1.54) is 11.8 Å². The first-order valence-corrected chi connectivity index (χ1v) is 7.65. The van der Waals surface area contributed by atoms with Crippen molar-refractivity contribution in [3.05, 3.63) is 21.6 Å². The predicted octanol–water partition coefficient (Wildman–Crippen LogP) is 1.47. The van der Waals surface area contributed by atoms with Crippen LogP contribution in [0.1, 0.15) is 31.5 Å². The van der Waals surface area contributed by atoms with Crippen molar-refractivity contribution in [3.8, 4) is 0 Å². The van der Waals surface area contributed by atoms with E-state index in [1.807, 2.05) is 13.8 Å². The zero-order valence-electron chi connectivity index (χ0n) is 12.5. The van der Waals surface area contributed by atoms with Crippen LogP contribution in [0.15, 0.2) is 9.95 Å². The topological polar surface area (TPSA) is 89.3 Å². The molecule has 114 valence electrons. The number of thioether (sulfide) groups is 1. The normalized spacial score (nSPS) is 12.6. The SMILES string of the molecule is CCOC(=O)[C@H](CC)Sc1nnc2[nH]c(=O)c(C)c(C)n12. The van der Waals surface area contributed by atoms with Crippen LogP contribution < -0.4 is 5.56 Å². The largest absolute Gasteiger partial charge is 0.465 e. The number of carbonyl (C=O) groups is 1. The summed E-state index contributed by atoms with van der Waals surface area (Å²) in [5.41, 5.74) is 1.19. The Balaban J connectivity index is 2.41. The highest BCUT2D eigenvalue weighted by atomic mass is 32.2. The number of aryl methyl sites for hydroxylation is 1. The molecule has 1 N–H and O–H groups in total. The highest BCUT2D eigenvalue weighted by Crippen LogP contribution is 2.25. The molecule has 0 aliphatic heterocycles. The van der Waals surface area contributed by atoms with Gasteiger partial charge in [0.05, 0.1) is 6.61 Å². The number of hydrogen-bond acceptors (Lipinski definition) is 6. The first-order valence-electron chi connectivity index (χ1n) is 6.77. The van der Waals surface area contributed by atoms with E-state index in [9.17, 15) is 9.59 Å². The van der Waals surface area contributed by atoms with Gasteiger partial charge in [-0.05, 0) is 27.2 Å². The summed E-state index contributed by atoms with van der Waals surface area (Å²) in [6.45, 7) is 7.61. The fourth-order valence-electron chi connectivity index (χ4n) is 1.92. The number of rotatable bonds is 5. The zero-order valence-corrected chi connectivity index (χ0v) is 13.3. The van der Waals surface area contributed by atoms with E-state index in [1.54, 1.807) is 18.2 Å². The van der Waals surface area contributed by atoms with Crippen LogP contribution in [0.2, 0.25) is 0 Å². The molecule has 0 radical (unpaired) electrons. The number of H-pyrrole nitrogens is 1. The molecule has 2 rings (SSSR count). The molecule has 21 heavy (non-hydrogen) atoms. The van der Waals surface area contributed by atoms with E-state index in [0.717, 1.165) is 5.69 Å². The van der Waals surface area contributed by atoms with Crippen LogP contribution in [-0.4, -0.2) is 37.4 Å². The smallest absolute Gasteiger partial charge is 0.319 e. The Morgan fingerprint density at radius 3 is 2.71 bits per heavy atom. The lowest BCUT2D eigenvalue weighted by Crippen LogP contribution is -2.20. The van der Waals surface area contributed by atoms with Gasteiger partial charge in [-0.3, -0.25) is 19.0 Å². The van der Waals surface area contributed by atoms with Gasteiger partial charge in [-0.2, -0.15) is 0 Å². The van der Waals surface area contributed by atoms with Crippen molar-refractivity contribution < 1.29 is 9.53 Å². The van der Waals surface area contributed by atoms with Gasteiger partial charge in [0, 0.05) is 11.3 Å². The van der Waals surface area contributed by atoms with Crippen molar-refractivity contribution in [1.82, 2.24) is 19.6 Å². The van der Waals surface area contributed by atoms with Crippen molar-refractivity contribution in [2.75, 3.05) is 6.61 Å². The lowest BCUT2D eigenvalue weighted by molar-refractivity contribution is -0.142. The van der Waals surface area contributed by atoms with Crippen LogP contribution in [0, 0.1) is 13.8 Å². The number of aromatic amines is 1. The van der Waals surface area contributed by atoms with Crippen LogP contribution in [-0.2, 0) is 9.53 Å². The Kier molecular flexibility index (Phi) is 4.66. The lowest BCUT2D eigenvalue weighted by Gasteiger charge is -2.12. The van der Waals surface area contributed by atoms with Crippen LogP contribution in [0.25, 0.3) is 5.78 Å². The van der Waals surface area contributed by atoms with Gasteiger partial charge in [0.25, 0.3) is 5.56 Å². The third kappa shape index (κ3) is 2.94. The zero-order chi connectivity index (χ0) is 15.6. The molecular formula is C13H18N4O3S. The van der Waals surface area contributed by atoms with Gasteiger partial charge in [-0.1, -0.05) is 18.7 Å². The van der Waals surface area contributed by atoms with Crippen molar-refractivity contribution in [1.29, 1.82) is 0 Å². The summed E-state index contributed by atoms with van der Waals surface area (Å²) >= 11 is 1.29. The summed E-state index contributed by atoms with van der Waals surface area (Å²) in [6, 6.07) is 0. The molecule has 1 atom stereocenters. The molecule has 0 saturated carbocycles. The standard InChI is InChI=1S/C13H18N4O3S/c1-5-9(11(19)20-6-2)21-13-16-15-12-14-10(18)7(3)8(4)17(12)13/h9H,5-6H2,1-4H3,(H,14,15,18)/t9-/m0/s1. The van der Waals surface area contributed by atoms with E-state index in [2.05, 4.69) is 15.2 Å². The molecule has 0 aromatic carbocycles. The van der Waals surface area contributed by atoms with Gasteiger partial charge < -0.3 is 4.74 Å². The highest BCUT2D eigenvalue weighted by molar-refractivity contribution is 8.00. The van der Waals surface area contributed by atoms with Gasteiger partial charge in [0.1, 0.15) is 5.25 Å². The maximum Gasteiger partial charge on any atom is 0.319 e. The van der Waals surface area contributed by atoms with E-state index in [4.69, 9.17) is 4.74 Å². The van der Waals surface area contributed by atoms with E-state index < -0.39 is 0 Å². The monoisotopic (exact) mass is 310 g/mol. The van der Waals surface area contributed by atoms with Crippen molar-refractivity contribution >= 4 is 23.5 Å². The van der Waals surface area contributed by atoms with Crippen LogP contribution >= 0.6 is 11.8 Å². The average molecular weight is 310 g/mol. The molecule has 0 aliphatic carbocycles. The molecule has 2 aromatic rings. The maximum absolute atomic E-state index is 11.9. The number of aromatic nitrogens is 4. The minimum atomic E-state index is -0.344. The van der Waals surface area contributed by atoms with Crippen LogP contribution in [0.5, 0.6) is 0 Å². The quantitative estimate of drug-likeness (QED) is 0.664. The van der Waals surface area contributed by atoms with Gasteiger partial charge in [-0.15, -0.1) is 10.2 Å². The van der Waals surface area contributed by atoms with Crippen molar-refractivity contribution in [2.45, 2.75) is 44.5 Å². The Labute approximate surface area is 126 Å². The average Bonchev–Trinajstić information content (AvgIpc) is 2.85. The number of esters is 1. The summed E-state index contributed by atoms with van der Waals surface area (Å²) in [6.07, 6.45) is 0.625. The number of ether oxygens (including phenoxy) is 1. The van der Waals surface area contributed by atoms with E-state index in [-0.39, 0.29) is 16.8 Å². The van der Waals surface area contributed by atoms with Crippen molar-refractivity contribution in [2.24, 2.45) is 0 Å². The number of carbonyl (C=O) groups excluding carboxylic acids is 1. The molecule has 0 spiro atoms. The third-order valence-corrected chi connectivity index (χ3v) is 4.53. The molecule has 8 heteroatoms. The first kappa shape index (κ1) is 15.6. The molecule has 0 unspecified atom stereocenters. The van der Waals surface area contributed by atoms with Gasteiger partial charge in [0.2, 0.25) is 5.78 Å². The van der Waals surface area contributed by atoms with Gasteiger partial charge in [0.15, 0.2) is 5.16 Å². The lowest BCUT2D eigenvalue weighted by atomic mass is 10.3. The Morgan fingerprint density at radius 2 is 2.10 bits per heavy atom. The Bertz CT molecular complexity index is 722. The number of nitrogens with zero attached hydrogens (tertiary/aromatic N) is 3. The predicted molar refractivity (Wildman–Crippen MR) is 79.7 cm³/mol. The molecule has 0 saturated heterocycles. The number of fused-ring (bicyclic) bond motifs is 1. The molecule has 2 heterocycles. The second-order valence-corrected chi connectivity index (χ2v) is 5.74. The number of nitrogens with one attached hydrogen (secondary N) is 1. The maximum atomic E-state index is 11.9. The second kappa shape index (κ2) is 6.30. The summed E-state index contributed by atoms with van der Waals surface area (Å²) in [5.74, 6) is 0.116. The Morgan fingerprint density at radius 1 is 1.38 bits per heavy atom. The van der Waals surface area contributed by atoms with Crippen molar-refractivity contribution in [3.63, 3.8) is 0 Å². The molecule has 0 amide bonds. The molecule has 7 nitrogen and oxygen atoms in total. The first-order chi connectivity index (χ1) is 9.99. The Hall–Kier alpha value is -1.83. The summed E-state index contributed by atoms with van der Waals surface area (Å²) in [4.78, 5) is 26.3. The van der Waals surface area contributed by atoms with Gasteiger partial charge >= 0.3 is 5.97 Å². The minimum absolute atomic E-state index is 0.179. The summed E-state index contributed by atoms with van der Waals surface area (Å²) in [7, 11) is 0. The molecule has 0 fully saturated rings. The molecule has 2 aromatic heterocycles. The molecular weight excluding hydrogens is 292 g/mol. The molecule has 0 aliphatic rings.